The highest BCUT2D eigenvalue weighted by Crippen LogP contribution is 2.07. The molecule has 1 fully saturated rings. The molecule has 2 amide bonds. The monoisotopic (exact) mass is 283 g/mol. The fraction of sp³-hybridized carbons (Fsp3) is 0.867. The van der Waals surface area contributed by atoms with Crippen LogP contribution in [0.3, 0.4) is 0 Å². The summed E-state index contributed by atoms with van der Waals surface area (Å²) in [7, 11) is 0. The van der Waals surface area contributed by atoms with E-state index in [1.54, 1.807) is 0 Å². The smallest absolute Gasteiger partial charge is 0.234 e. The minimum atomic E-state index is 0.0720. The van der Waals surface area contributed by atoms with Crippen LogP contribution in [0.1, 0.15) is 46.5 Å². The normalized spacial score (nSPS) is 16.5. The molecule has 0 radical (unpaired) electrons. The number of rotatable bonds is 7. The van der Waals surface area contributed by atoms with Crippen LogP contribution in [0.2, 0.25) is 0 Å². The summed E-state index contributed by atoms with van der Waals surface area (Å²) in [5, 5.41) is 2.90. The molecular weight excluding hydrogens is 254 g/mol. The maximum absolute atomic E-state index is 12.0. The third-order valence-corrected chi connectivity index (χ3v) is 3.54. The number of carbonyl (C=O) groups excluding carboxylic acids is 2. The Bertz CT molecular complexity index is 310. The van der Waals surface area contributed by atoms with Crippen molar-refractivity contribution in [3.05, 3.63) is 0 Å². The van der Waals surface area contributed by atoms with Crippen LogP contribution >= 0.6 is 0 Å². The molecular formula is C15H29N3O2. The molecule has 5 nitrogen and oxygen atoms in total. The topological polar surface area (TPSA) is 52.7 Å². The molecule has 1 heterocycles. The van der Waals surface area contributed by atoms with Crippen LogP contribution in [-0.4, -0.2) is 60.4 Å². The van der Waals surface area contributed by atoms with Gasteiger partial charge in [-0.05, 0) is 20.3 Å². The largest absolute Gasteiger partial charge is 0.353 e. The Balaban J connectivity index is 2.22. The first-order chi connectivity index (χ1) is 9.52. The lowest BCUT2D eigenvalue weighted by Gasteiger charge is -2.34. The second-order valence-corrected chi connectivity index (χ2v) is 5.84. The number of amides is 2. The summed E-state index contributed by atoms with van der Waals surface area (Å²) in [5.74, 6) is 0.340. The summed E-state index contributed by atoms with van der Waals surface area (Å²) in [6.07, 6.45) is 3.93. The number of nitrogens with one attached hydrogen (secondary N) is 1. The molecule has 1 N–H and O–H groups in total. The molecule has 20 heavy (non-hydrogen) atoms. The van der Waals surface area contributed by atoms with Crippen molar-refractivity contribution in [2.24, 2.45) is 0 Å². The number of carbonyl (C=O) groups is 2. The molecule has 0 bridgehead atoms. The van der Waals surface area contributed by atoms with Gasteiger partial charge in [-0.1, -0.05) is 19.8 Å². The summed E-state index contributed by atoms with van der Waals surface area (Å²) in [6.45, 7) is 9.60. The second-order valence-electron chi connectivity index (χ2n) is 5.84. The Morgan fingerprint density at radius 1 is 1.10 bits per heavy atom. The van der Waals surface area contributed by atoms with Crippen molar-refractivity contribution in [1.82, 2.24) is 15.1 Å². The third kappa shape index (κ3) is 6.37. The number of hydrogen-bond acceptors (Lipinski definition) is 3. The Hall–Kier alpha value is -1.10. The average molecular weight is 283 g/mol. The zero-order valence-electron chi connectivity index (χ0n) is 13.2. The van der Waals surface area contributed by atoms with Crippen molar-refractivity contribution in [1.29, 1.82) is 0 Å². The Morgan fingerprint density at radius 2 is 1.75 bits per heavy atom. The Morgan fingerprint density at radius 3 is 2.30 bits per heavy atom. The molecule has 0 unspecified atom stereocenters. The lowest BCUT2D eigenvalue weighted by Crippen LogP contribution is -2.51. The predicted octanol–water partition coefficient (Wildman–Crippen LogP) is 1.24. The van der Waals surface area contributed by atoms with Crippen LogP contribution in [0, 0.1) is 0 Å². The SMILES string of the molecule is CCCCCC(=O)N1CCN(CC(=O)NC(C)C)CC1. The Kier molecular flexibility index (Phi) is 7.59. The minimum absolute atomic E-state index is 0.0720. The maximum atomic E-state index is 12.0. The van der Waals surface area contributed by atoms with Gasteiger partial charge >= 0.3 is 0 Å². The molecule has 0 aromatic carbocycles. The van der Waals surface area contributed by atoms with Gasteiger partial charge in [-0.3, -0.25) is 14.5 Å². The van der Waals surface area contributed by atoms with Crippen LogP contribution in [-0.2, 0) is 9.59 Å². The van der Waals surface area contributed by atoms with Gasteiger partial charge in [0.2, 0.25) is 11.8 Å². The standard InChI is InChI=1S/C15H29N3O2/c1-4-5-6-7-15(20)18-10-8-17(9-11-18)12-14(19)16-13(2)3/h13H,4-12H2,1-3H3,(H,16,19). The molecule has 0 aromatic heterocycles. The van der Waals surface area contributed by atoms with Crippen molar-refractivity contribution in [2.45, 2.75) is 52.5 Å². The van der Waals surface area contributed by atoms with Crippen LogP contribution < -0.4 is 5.32 Å². The van der Waals surface area contributed by atoms with E-state index < -0.39 is 0 Å². The Labute approximate surface area is 122 Å². The van der Waals surface area contributed by atoms with Gasteiger partial charge in [0, 0.05) is 38.6 Å². The summed E-state index contributed by atoms with van der Waals surface area (Å²) < 4.78 is 0. The van der Waals surface area contributed by atoms with Gasteiger partial charge in [-0.15, -0.1) is 0 Å². The van der Waals surface area contributed by atoms with Crippen molar-refractivity contribution in [2.75, 3.05) is 32.7 Å². The van der Waals surface area contributed by atoms with Crippen molar-refractivity contribution < 1.29 is 9.59 Å². The van der Waals surface area contributed by atoms with Gasteiger partial charge in [0.15, 0.2) is 0 Å². The van der Waals surface area contributed by atoms with Gasteiger partial charge in [0.1, 0.15) is 0 Å². The van der Waals surface area contributed by atoms with E-state index in [1.807, 2.05) is 18.7 Å². The fourth-order valence-electron chi connectivity index (χ4n) is 2.41. The zero-order valence-corrected chi connectivity index (χ0v) is 13.2. The van der Waals surface area contributed by atoms with Gasteiger partial charge in [0.05, 0.1) is 6.54 Å². The van der Waals surface area contributed by atoms with Gasteiger partial charge < -0.3 is 10.2 Å². The first-order valence-corrected chi connectivity index (χ1v) is 7.82. The average Bonchev–Trinajstić information content (AvgIpc) is 2.38. The van der Waals surface area contributed by atoms with E-state index in [0.717, 1.165) is 45.4 Å². The lowest BCUT2D eigenvalue weighted by atomic mass is 10.2. The molecule has 1 aliphatic heterocycles. The molecule has 1 rings (SSSR count). The number of piperazine rings is 1. The van der Waals surface area contributed by atoms with Gasteiger partial charge in [0.25, 0.3) is 0 Å². The molecule has 0 atom stereocenters. The highest BCUT2D eigenvalue weighted by molar-refractivity contribution is 5.78. The van der Waals surface area contributed by atoms with E-state index in [4.69, 9.17) is 0 Å². The summed E-state index contributed by atoms with van der Waals surface area (Å²) in [4.78, 5) is 27.7. The molecule has 0 spiro atoms. The molecule has 0 aliphatic carbocycles. The third-order valence-electron chi connectivity index (χ3n) is 3.54. The second kappa shape index (κ2) is 8.95. The van der Waals surface area contributed by atoms with Crippen molar-refractivity contribution in [3.63, 3.8) is 0 Å². The molecule has 1 aliphatic rings. The number of unbranched alkanes of at least 4 members (excludes halogenated alkanes) is 2. The molecule has 0 aromatic rings. The molecule has 0 saturated carbocycles. The lowest BCUT2D eigenvalue weighted by molar-refractivity contribution is -0.133. The fourth-order valence-corrected chi connectivity index (χ4v) is 2.41. The molecule has 116 valence electrons. The maximum Gasteiger partial charge on any atom is 0.234 e. The first-order valence-electron chi connectivity index (χ1n) is 7.82. The predicted molar refractivity (Wildman–Crippen MR) is 80.4 cm³/mol. The number of hydrogen-bond donors (Lipinski definition) is 1. The summed E-state index contributed by atoms with van der Waals surface area (Å²) in [6, 6.07) is 0.184. The van der Waals surface area contributed by atoms with Crippen LogP contribution in [0.4, 0.5) is 0 Å². The summed E-state index contributed by atoms with van der Waals surface area (Å²) >= 11 is 0. The van der Waals surface area contributed by atoms with E-state index in [-0.39, 0.29) is 17.9 Å². The van der Waals surface area contributed by atoms with Crippen LogP contribution in [0.15, 0.2) is 0 Å². The van der Waals surface area contributed by atoms with Gasteiger partial charge in [-0.25, -0.2) is 0 Å². The van der Waals surface area contributed by atoms with E-state index >= 15 is 0 Å². The van der Waals surface area contributed by atoms with E-state index in [9.17, 15) is 9.59 Å². The van der Waals surface area contributed by atoms with Crippen molar-refractivity contribution >= 4 is 11.8 Å². The molecule has 1 saturated heterocycles. The van der Waals surface area contributed by atoms with Crippen LogP contribution in [0.25, 0.3) is 0 Å². The first kappa shape index (κ1) is 17.0. The summed E-state index contributed by atoms with van der Waals surface area (Å²) in [5.41, 5.74) is 0. The van der Waals surface area contributed by atoms with E-state index in [2.05, 4.69) is 17.1 Å². The van der Waals surface area contributed by atoms with Gasteiger partial charge in [-0.2, -0.15) is 0 Å². The number of nitrogens with zero attached hydrogens (tertiary/aromatic N) is 2. The van der Waals surface area contributed by atoms with Crippen molar-refractivity contribution in [3.8, 4) is 0 Å². The zero-order chi connectivity index (χ0) is 15.0. The molecule has 5 heteroatoms. The van der Waals surface area contributed by atoms with E-state index in [0.29, 0.717) is 13.0 Å². The highest BCUT2D eigenvalue weighted by atomic mass is 16.2. The van der Waals surface area contributed by atoms with E-state index in [1.165, 1.54) is 0 Å². The quantitative estimate of drug-likeness (QED) is 0.715. The van der Waals surface area contributed by atoms with Crippen LogP contribution in [0.5, 0.6) is 0 Å². The highest BCUT2D eigenvalue weighted by Gasteiger charge is 2.21. The minimum Gasteiger partial charge on any atom is -0.353 e.